The summed E-state index contributed by atoms with van der Waals surface area (Å²) in [4.78, 5) is 36.8. The van der Waals surface area contributed by atoms with Crippen molar-refractivity contribution in [3.05, 3.63) is 94.1 Å². The number of anilines is 1. The van der Waals surface area contributed by atoms with Crippen molar-refractivity contribution < 1.29 is 13.9 Å². The topological polar surface area (TPSA) is 85.5 Å². The molecule has 8 heteroatoms. The van der Waals surface area contributed by atoms with Crippen molar-refractivity contribution in [2.45, 2.75) is 13.5 Å². The minimum Gasteiger partial charge on any atom is -0.494 e. The highest BCUT2D eigenvalue weighted by Crippen LogP contribution is 2.37. The molecule has 0 aliphatic rings. The van der Waals surface area contributed by atoms with E-state index < -0.39 is 5.91 Å². The lowest BCUT2D eigenvalue weighted by atomic mass is 10.2. The highest BCUT2D eigenvalue weighted by atomic mass is 32.1. The molecule has 0 aliphatic carbocycles. The monoisotopic (exact) mass is 457 g/mol. The number of ether oxygens (including phenoxy) is 1. The van der Waals surface area contributed by atoms with Gasteiger partial charge in [0.15, 0.2) is 16.3 Å². The Morgan fingerprint density at radius 2 is 1.94 bits per heavy atom. The number of benzene rings is 2. The minimum atomic E-state index is -0.473. The lowest BCUT2D eigenvalue weighted by Gasteiger charge is -2.19. The van der Waals surface area contributed by atoms with E-state index in [2.05, 4.69) is 4.98 Å². The number of nitrogens with zero attached hydrogens (tertiary/aromatic N) is 3. The highest BCUT2D eigenvalue weighted by Gasteiger charge is 2.26. The van der Waals surface area contributed by atoms with Crippen LogP contribution in [0.3, 0.4) is 0 Å². The lowest BCUT2D eigenvalue weighted by Crippen LogP contribution is -2.31. The SMILES string of the molecule is COc1ccc(C)c2sc(N(Cc3ccccn3)C(=O)c3cc(=O)c4ccccc4o3)nc12. The van der Waals surface area contributed by atoms with Crippen molar-refractivity contribution in [1.82, 2.24) is 9.97 Å². The fraction of sp³-hybridized carbons (Fsp3) is 0.120. The molecule has 3 aromatic heterocycles. The summed E-state index contributed by atoms with van der Waals surface area (Å²) in [5.41, 5.74) is 2.46. The van der Waals surface area contributed by atoms with Crippen molar-refractivity contribution >= 4 is 43.6 Å². The molecule has 0 bridgehead atoms. The van der Waals surface area contributed by atoms with Gasteiger partial charge in [0.25, 0.3) is 5.91 Å². The third kappa shape index (κ3) is 3.85. The van der Waals surface area contributed by atoms with Crippen LogP contribution in [0, 0.1) is 6.92 Å². The summed E-state index contributed by atoms with van der Waals surface area (Å²) in [6.45, 7) is 2.15. The van der Waals surface area contributed by atoms with E-state index in [0.29, 0.717) is 33.1 Å². The van der Waals surface area contributed by atoms with E-state index in [1.165, 1.54) is 22.3 Å². The first-order valence-electron chi connectivity index (χ1n) is 10.2. The number of thiazole rings is 1. The number of hydrogen-bond acceptors (Lipinski definition) is 7. The van der Waals surface area contributed by atoms with Gasteiger partial charge in [0.2, 0.25) is 0 Å². The van der Waals surface area contributed by atoms with E-state index in [9.17, 15) is 9.59 Å². The largest absolute Gasteiger partial charge is 0.494 e. The Morgan fingerprint density at radius 3 is 2.73 bits per heavy atom. The van der Waals surface area contributed by atoms with Crippen LogP contribution in [-0.4, -0.2) is 23.0 Å². The van der Waals surface area contributed by atoms with Crippen molar-refractivity contribution in [2.24, 2.45) is 0 Å². The number of hydrogen-bond donors (Lipinski definition) is 0. The molecule has 0 fully saturated rings. The van der Waals surface area contributed by atoms with E-state index >= 15 is 0 Å². The molecular weight excluding hydrogens is 438 g/mol. The molecule has 0 radical (unpaired) electrons. The molecule has 3 heterocycles. The average molecular weight is 458 g/mol. The van der Waals surface area contributed by atoms with Gasteiger partial charge in [-0.05, 0) is 42.8 Å². The van der Waals surface area contributed by atoms with Gasteiger partial charge < -0.3 is 9.15 Å². The Morgan fingerprint density at radius 1 is 1.12 bits per heavy atom. The summed E-state index contributed by atoms with van der Waals surface area (Å²) >= 11 is 1.38. The van der Waals surface area contributed by atoms with Gasteiger partial charge in [-0.1, -0.05) is 35.6 Å². The lowest BCUT2D eigenvalue weighted by molar-refractivity contribution is 0.0958. The van der Waals surface area contributed by atoms with Gasteiger partial charge in [0.1, 0.15) is 16.8 Å². The molecule has 164 valence electrons. The van der Waals surface area contributed by atoms with Crippen LogP contribution in [-0.2, 0) is 6.54 Å². The number of rotatable bonds is 5. The summed E-state index contributed by atoms with van der Waals surface area (Å²) < 4.78 is 12.2. The number of fused-ring (bicyclic) bond motifs is 2. The molecule has 0 atom stereocenters. The fourth-order valence-corrected chi connectivity index (χ4v) is 4.65. The number of carbonyl (C=O) groups excluding carboxylic acids is 1. The number of para-hydroxylation sites is 1. The molecule has 5 rings (SSSR count). The molecule has 2 aromatic carbocycles. The van der Waals surface area contributed by atoms with Crippen molar-refractivity contribution in [1.29, 1.82) is 0 Å². The zero-order valence-electron chi connectivity index (χ0n) is 17.9. The Labute approximate surface area is 192 Å². The zero-order valence-corrected chi connectivity index (χ0v) is 18.8. The number of amides is 1. The standard InChI is InChI=1S/C25H19N3O4S/c1-15-10-11-20(31-2)22-23(15)33-25(27-22)28(14-16-7-5-6-12-26-16)24(30)21-13-18(29)17-8-3-4-9-19(17)32-21/h3-13H,14H2,1-2H3. The second-order valence-corrected chi connectivity index (χ2v) is 8.42. The number of pyridine rings is 1. The average Bonchev–Trinajstić information content (AvgIpc) is 3.29. The van der Waals surface area contributed by atoms with Crippen molar-refractivity contribution in [2.75, 3.05) is 12.0 Å². The second-order valence-electron chi connectivity index (χ2n) is 7.44. The number of carbonyl (C=O) groups is 1. The van der Waals surface area contributed by atoms with Gasteiger partial charge >= 0.3 is 0 Å². The summed E-state index contributed by atoms with van der Waals surface area (Å²) in [5, 5.41) is 0.884. The Kier molecular flexibility index (Phi) is 5.35. The maximum absolute atomic E-state index is 13.7. The number of aryl methyl sites for hydroxylation is 1. The predicted octanol–water partition coefficient (Wildman–Crippen LogP) is 4.96. The first-order chi connectivity index (χ1) is 16.0. The molecule has 5 aromatic rings. The maximum Gasteiger partial charge on any atom is 0.296 e. The molecule has 0 unspecified atom stereocenters. The van der Waals surface area contributed by atoms with Gasteiger partial charge in [-0.25, -0.2) is 4.98 Å². The van der Waals surface area contributed by atoms with Crippen molar-refractivity contribution in [3.63, 3.8) is 0 Å². The van der Waals surface area contributed by atoms with E-state index in [1.807, 2.05) is 37.3 Å². The van der Waals surface area contributed by atoms with Crippen molar-refractivity contribution in [3.8, 4) is 5.75 Å². The molecule has 33 heavy (non-hydrogen) atoms. The zero-order chi connectivity index (χ0) is 22.9. The third-order valence-corrected chi connectivity index (χ3v) is 6.49. The molecule has 0 aliphatic heterocycles. The normalized spacial score (nSPS) is 11.1. The number of methoxy groups -OCH3 is 1. The second kappa shape index (κ2) is 8.48. The first kappa shape index (κ1) is 20.8. The summed E-state index contributed by atoms with van der Waals surface area (Å²) in [5.74, 6) is 0.0947. The molecule has 0 saturated heterocycles. The van der Waals surface area contributed by atoms with Crippen LogP contribution in [0.2, 0.25) is 0 Å². The Balaban J connectivity index is 1.65. The molecular formula is C25H19N3O4S. The molecule has 7 nitrogen and oxygen atoms in total. The van der Waals surface area contributed by atoms with Crippen LogP contribution < -0.4 is 15.1 Å². The maximum atomic E-state index is 13.7. The highest BCUT2D eigenvalue weighted by molar-refractivity contribution is 7.22. The van der Waals surface area contributed by atoms with Gasteiger partial charge in [0.05, 0.1) is 29.4 Å². The Bertz CT molecular complexity index is 1540. The summed E-state index contributed by atoms with van der Waals surface area (Å²) in [7, 11) is 1.59. The quantitative estimate of drug-likeness (QED) is 0.371. The van der Waals surface area contributed by atoms with Gasteiger partial charge in [0, 0.05) is 12.3 Å². The van der Waals surface area contributed by atoms with Crippen LogP contribution in [0.1, 0.15) is 21.8 Å². The van der Waals surface area contributed by atoms with Crippen LogP contribution in [0.25, 0.3) is 21.2 Å². The Hall–Kier alpha value is -4.04. The minimum absolute atomic E-state index is 0.0578. The van der Waals surface area contributed by atoms with Crippen LogP contribution >= 0.6 is 11.3 Å². The molecule has 0 saturated carbocycles. The third-order valence-electron chi connectivity index (χ3n) is 5.28. The van der Waals surface area contributed by atoms with E-state index in [1.54, 1.807) is 37.6 Å². The first-order valence-corrected chi connectivity index (χ1v) is 11.1. The smallest absolute Gasteiger partial charge is 0.296 e. The van der Waals surface area contributed by atoms with Crippen LogP contribution in [0.5, 0.6) is 5.75 Å². The fourth-order valence-electron chi connectivity index (χ4n) is 3.60. The number of aromatic nitrogens is 2. The summed E-state index contributed by atoms with van der Waals surface area (Å²) in [6.07, 6.45) is 1.67. The molecule has 0 spiro atoms. The predicted molar refractivity (Wildman–Crippen MR) is 128 cm³/mol. The van der Waals surface area contributed by atoms with Gasteiger partial charge in [-0.3, -0.25) is 19.5 Å². The van der Waals surface area contributed by atoms with E-state index in [4.69, 9.17) is 14.1 Å². The van der Waals surface area contributed by atoms with Crippen LogP contribution in [0.4, 0.5) is 5.13 Å². The van der Waals surface area contributed by atoms with Crippen LogP contribution in [0.15, 0.2) is 76.1 Å². The van der Waals surface area contributed by atoms with Gasteiger partial charge in [-0.2, -0.15) is 0 Å². The molecule has 0 N–H and O–H groups in total. The van der Waals surface area contributed by atoms with E-state index in [-0.39, 0.29) is 17.7 Å². The summed E-state index contributed by atoms with van der Waals surface area (Å²) in [6, 6.07) is 17.4. The van der Waals surface area contributed by atoms with Gasteiger partial charge in [-0.15, -0.1) is 0 Å². The molecule has 1 amide bonds. The van der Waals surface area contributed by atoms with E-state index in [0.717, 1.165) is 10.3 Å².